The number of carbonyl (C=O) groups is 1. The maximum absolute atomic E-state index is 12.7. The molecule has 0 radical (unpaired) electrons. The molecular weight excluding hydrogens is 314 g/mol. The Kier molecular flexibility index (Phi) is 6.19. The smallest absolute Gasteiger partial charge is 0.236 e. The van der Waals surface area contributed by atoms with Crippen LogP contribution in [0.2, 0.25) is 0 Å². The van der Waals surface area contributed by atoms with Crippen LogP contribution in [0, 0.1) is 0 Å². The average Bonchev–Trinajstić information content (AvgIpc) is 2.68. The largest absolute Gasteiger partial charge is 0.495 e. The summed E-state index contributed by atoms with van der Waals surface area (Å²) in [6.07, 6.45) is 4.67. The second-order valence-corrected chi connectivity index (χ2v) is 7.08. The number of para-hydroxylation sites is 2. The van der Waals surface area contributed by atoms with Crippen molar-refractivity contribution >= 4 is 11.6 Å². The summed E-state index contributed by atoms with van der Waals surface area (Å²) < 4.78 is 5.48. The topological polar surface area (TPSA) is 36.0 Å². The molecule has 2 heterocycles. The Hall–Kier alpha value is -1.75. The quantitative estimate of drug-likeness (QED) is 0.822. The van der Waals surface area contributed by atoms with Gasteiger partial charge in [0.25, 0.3) is 0 Å². The van der Waals surface area contributed by atoms with E-state index in [1.165, 1.54) is 12.8 Å². The molecule has 2 fully saturated rings. The normalized spacial score (nSPS) is 22.1. The molecular formula is C20H31N3O2. The van der Waals surface area contributed by atoms with Crippen molar-refractivity contribution < 1.29 is 9.53 Å². The molecule has 1 atom stereocenters. The summed E-state index contributed by atoms with van der Waals surface area (Å²) in [5, 5.41) is 0. The first-order valence-corrected chi connectivity index (χ1v) is 9.62. The maximum atomic E-state index is 12.7. The highest BCUT2D eigenvalue weighted by Crippen LogP contribution is 2.28. The van der Waals surface area contributed by atoms with Crippen molar-refractivity contribution in [2.24, 2.45) is 0 Å². The molecule has 0 bridgehead atoms. The molecule has 1 unspecified atom stereocenters. The van der Waals surface area contributed by atoms with Crippen molar-refractivity contribution in [1.82, 2.24) is 9.80 Å². The van der Waals surface area contributed by atoms with Gasteiger partial charge in [-0.15, -0.1) is 0 Å². The van der Waals surface area contributed by atoms with E-state index in [-0.39, 0.29) is 0 Å². The van der Waals surface area contributed by atoms with Gasteiger partial charge in [0.15, 0.2) is 0 Å². The second kappa shape index (κ2) is 8.56. The Labute approximate surface area is 151 Å². The van der Waals surface area contributed by atoms with E-state index in [9.17, 15) is 4.79 Å². The zero-order valence-electron chi connectivity index (χ0n) is 15.6. The van der Waals surface area contributed by atoms with Gasteiger partial charge in [-0.05, 0) is 37.8 Å². The van der Waals surface area contributed by atoms with Crippen LogP contribution in [0.3, 0.4) is 0 Å². The lowest BCUT2D eigenvalue weighted by atomic mass is 10.00. The fraction of sp³-hybridized carbons (Fsp3) is 0.650. The summed E-state index contributed by atoms with van der Waals surface area (Å²) in [6, 6.07) is 8.62. The number of carbonyl (C=O) groups excluding carboxylic acids is 1. The van der Waals surface area contributed by atoms with Gasteiger partial charge in [0.05, 0.1) is 19.3 Å². The van der Waals surface area contributed by atoms with Gasteiger partial charge in [0, 0.05) is 38.8 Å². The maximum Gasteiger partial charge on any atom is 0.236 e. The van der Waals surface area contributed by atoms with Crippen molar-refractivity contribution in [2.75, 3.05) is 51.3 Å². The van der Waals surface area contributed by atoms with Crippen molar-refractivity contribution in [1.29, 1.82) is 0 Å². The third-order valence-corrected chi connectivity index (χ3v) is 5.58. The standard InChI is InChI=1S/C20H31N3O2/c1-3-17-8-6-7-11-23(17)20(24)16-21-12-14-22(15-13-21)18-9-4-5-10-19(18)25-2/h4-5,9-10,17H,3,6-8,11-16H2,1-2H3. The first-order valence-electron chi connectivity index (χ1n) is 9.62. The fourth-order valence-electron chi connectivity index (χ4n) is 4.07. The van der Waals surface area contributed by atoms with Crippen LogP contribution in [-0.4, -0.2) is 68.1 Å². The molecule has 3 rings (SSSR count). The Bertz CT molecular complexity index is 570. The van der Waals surface area contributed by atoms with Gasteiger partial charge < -0.3 is 14.5 Å². The number of ether oxygens (including phenoxy) is 1. The highest BCUT2D eigenvalue weighted by Gasteiger charge is 2.28. The molecule has 1 amide bonds. The summed E-state index contributed by atoms with van der Waals surface area (Å²) >= 11 is 0. The van der Waals surface area contributed by atoms with Crippen LogP contribution in [0.1, 0.15) is 32.6 Å². The Morgan fingerprint density at radius 3 is 2.60 bits per heavy atom. The lowest BCUT2D eigenvalue weighted by Gasteiger charge is -2.39. The van der Waals surface area contributed by atoms with Crippen molar-refractivity contribution in [3.8, 4) is 5.75 Å². The molecule has 5 heteroatoms. The van der Waals surface area contributed by atoms with Crippen LogP contribution in [0.25, 0.3) is 0 Å². The molecule has 0 spiro atoms. The van der Waals surface area contributed by atoms with Gasteiger partial charge in [-0.1, -0.05) is 19.1 Å². The minimum absolute atomic E-state index is 0.317. The molecule has 0 saturated carbocycles. The molecule has 2 aliphatic heterocycles. The minimum Gasteiger partial charge on any atom is -0.495 e. The number of methoxy groups -OCH3 is 1. The molecule has 0 aromatic heterocycles. The van der Waals surface area contributed by atoms with Crippen LogP contribution in [0.15, 0.2) is 24.3 Å². The van der Waals surface area contributed by atoms with Crippen LogP contribution < -0.4 is 9.64 Å². The van der Waals surface area contributed by atoms with Gasteiger partial charge in [-0.25, -0.2) is 0 Å². The van der Waals surface area contributed by atoms with Crippen LogP contribution in [0.4, 0.5) is 5.69 Å². The summed E-state index contributed by atoms with van der Waals surface area (Å²) in [5.41, 5.74) is 1.15. The molecule has 1 aromatic rings. The van der Waals surface area contributed by atoms with Crippen LogP contribution in [-0.2, 0) is 4.79 Å². The number of rotatable bonds is 5. The lowest BCUT2D eigenvalue weighted by Crippen LogP contribution is -2.52. The molecule has 0 N–H and O–H groups in total. The Morgan fingerprint density at radius 1 is 1.12 bits per heavy atom. The molecule has 138 valence electrons. The van der Waals surface area contributed by atoms with E-state index >= 15 is 0 Å². The van der Waals surface area contributed by atoms with E-state index < -0.39 is 0 Å². The number of amides is 1. The SMILES string of the molecule is CCC1CCCCN1C(=O)CN1CCN(c2ccccc2OC)CC1. The third kappa shape index (κ3) is 4.27. The fourth-order valence-corrected chi connectivity index (χ4v) is 4.07. The Balaban J connectivity index is 1.53. The van der Waals surface area contributed by atoms with E-state index in [0.717, 1.165) is 57.0 Å². The number of likely N-dealkylation sites (tertiary alicyclic amines) is 1. The van der Waals surface area contributed by atoms with Crippen LogP contribution >= 0.6 is 0 Å². The predicted molar refractivity (Wildman–Crippen MR) is 101 cm³/mol. The van der Waals surface area contributed by atoms with Gasteiger partial charge in [0.1, 0.15) is 5.75 Å². The second-order valence-electron chi connectivity index (χ2n) is 7.08. The third-order valence-electron chi connectivity index (χ3n) is 5.58. The number of nitrogens with zero attached hydrogens (tertiary/aromatic N) is 3. The van der Waals surface area contributed by atoms with E-state index in [0.29, 0.717) is 18.5 Å². The van der Waals surface area contributed by atoms with Crippen molar-refractivity contribution in [2.45, 2.75) is 38.6 Å². The van der Waals surface area contributed by atoms with E-state index in [2.05, 4.69) is 33.8 Å². The zero-order chi connectivity index (χ0) is 17.6. The lowest BCUT2D eigenvalue weighted by molar-refractivity contribution is -0.136. The first kappa shape index (κ1) is 18.1. The molecule has 0 aliphatic carbocycles. The highest BCUT2D eigenvalue weighted by atomic mass is 16.5. The summed E-state index contributed by atoms with van der Waals surface area (Å²) in [5.74, 6) is 1.24. The first-order chi connectivity index (χ1) is 12.2. The average molecular weight is 345 g/mol. The van der Waals surface area contributed by atoms with Gasteiger partial charge >= 0.3 is 0 Å². The molecule has 1 aromatic carbocycles. The number of piperazine rings is 1. The summed E-state index contributed by atoms with van der Waals surface area (Å²) in [4.78, 5) is 19.5. The van der Waals surface area contributed by atoms with Crippen molar-refractivity contribution in [3.05, 3.63) is 24.3 Å². The monoisotopic (exact) mass is 345 g/mol. The zero-order valence-corrected chi connectivity index (χ0v) is 15.6. The van der Waals surface area contributed by atoms with Gasteiger partial charge in [-0.3, -0.25) is 9.69 Å². The molecule has 5 nitrogen and oxygen atoms in total. The number of anilines is 1. The van der Waals surface area contributed by atoms with Gasteiger partial charge in [0.2, 0.25) is 5.91 Å². The highest BCUT2D eigenvalue weighted by molar-refractivity contribution is 5.78. The van der Waals surface area contributed by atoms with Crippen LogP contribution in [0.5, 0.6) is 5.75 Å². The molecule has 2 saturated heterocycles. The van der Waals surface area contributed by atoms with E-state index in [1.807, 2.05) is 12.1 Å². The van der Waals surface area contributed by atoms with E-state index in [1.54, 1.807) is 7.11 Å². The number of hydrogen-bond donors (Lipinski definition) is 0. The summed E-state index contributed by atoms with van der Waals surface area (Å²) in [6.45, 7) is 7.43. The van der Waals surface area contributed by atoms with Gasteiger partial charge in [-0.2, -0.15) is 0 Å². The van der Waals surface area contributed by atoms with E-state index in [4.69, 9.17) is 4.74 Å². The predicted octanol–water partition coefficient (Wildman–Crippen LogP) is 2.61. The number of piperidine rings is 1. The summed E-state index contributed by atoms with van der Waals surface area (Å²) in [7, 11) is 1.72. The number of benzene rings is 1. The molecule has 2 aliphatic rings. The van der Waals surface area contributed by atoms with Crippen molar-refractivity contribution in [3.63, 3.8) is 0 Å². The Morgan fingerprint density at radius 2 is 1.88 bits per heavy atom. The minimum atomic E-state index is 0.317. The molecule has 25 heavy (non-hydrogen) atoms. The number of hydrogen-bond acceptors (Lipinski definition) is 4.